The Bertz CT molecular complexity index is 1180. The second kappa shape index (κ2) is 10.7. The molecule has 0 aliphatic heterocycles. The van der Waals surface area contributed by atoms with Crippen LogP contribution in [0.25, 0.3) is 0 Å². The molecule has 32 heavy (non-hydrogen) atoms. The summed E-state index contributed by atoms with van der Waals surface area (Å²) in [5.74, 6) is -0.981. The summed E-state index contributed by atoms with van der Waals surface area (Å²) in [4.78, 5) is 39.4. The van der Waals surface area contributed by atoms with Gasteiger partial charge in [-0.25, -0.2) is 4.79 Å². The molecule has 1 aromatic heterocycles. The van der Waals surface area contributed by atoms with Gasteiger partial charge in [0.2, 0.25) is 5.91 Å². The van der Waals surface area contributed by atoms with E-state index in [-0.39, 0.29) is 23.6 Å². The molecule has 7 nitrogen and oxygen atoms in total. The summed E-state index contributed by atoms with van der Waals surface area (Å²) in [6.45, 7) is 0.539. The van der Waals surface area contributed by atoms with E-state index in [9.17, 15) is 19.6 Å². The second-order valence-electron chi connectivity index (χ2n) is 7.22. The maximum absolute atomic E-state index is 13.2. The van der Waals surface area contributed by atoms with Crippen molar-refractivity contribution in [1.82, 2.24) is 9.47 Å². The minimum Gasteiger partial charge on any atom is -0.465 e. The summed E-state index contributed by atoms with van der Waals surface area (Å²) < 4.78 is 5.78. The fourth-order valence-corrected chi connectivity index (χ4v) is 3.31. The van der Waals surface area contributed by atoms with Crippen molar-refractivity contribution >= 4 is 11.9 Å². The van der Waals surface area contributed by atoms with Gasteiger partial charge in [0.1, 0.15) is 18.2 Å². The van der Waals surface area contributed by atoms with Crippen LogP contribution in [0.4, 0.5) is 0 Å². The van der Waals surface area contributed by atoms with Crippen molar-refractivity contribution in [3.8, 4) is 6.07 Å². The Kier molecular flexibility index (Phi) is 7.55. The first-order chi connectivity index (χ1) is 15.5. The Hall–Kier alpha value is -4.18. The lowest BCUT2D eigenvalue weighted by Crippen LogP contribution is -2.38. The van der Waals surface area contributed by atoms with Crippen LogP contribution in [-0.2, 0) is 29.0 Å². The molecule has 3 aromatic rings. The van der Waals surface area contributed by atoms with E-state index in [1.807, 2.05) is 60.7 Å². The predicted octanol–water partition coefficient (Wildman–Crippen LogP) is 2.78. The quantitative estimate of drug-likeness (QED) is 0.514. The number of hydrogen-bond donors (Lipinski definition) is 0. The number of aromatic nitrogens is 1. The zero-order valence-corrected chi connectivity index (χ0v) is 17.7. The third kappa shape index (κ3) is 5.70. The number of rotatable bonds is 8. The molecule has 2 aromatic carbocycles. The average Bonchev–Trinajstić information content (AvgIpc) is 2.83. The van der Waals surface area contributed by atoms with Crippen LogP contribution in [0, 0.1) is 11.3 Å². The molecular weight excluding hydrogens is 406 g/mol. The van der Waals surface area contributed by atoms with Gasteiger partial charge in [-0.1, -0.05) is 60.7 Å². The standard InChI is InChI=1S/C25H23N3O4/c1-32-25(31)22-14-21(15-26)24(30)28(17-22)18-23(29)27(16-20-10-6-3-7-11-20)13-12-19-8-4-2-5-9-19/h2-11,14,17H,12-13,16,18H2,1H3. The highest BCUT2D eigenvalue weighted by Gasteiger charge is 2.18. The van der Waals surface area contributed by atoms with Gasteiger partial charge in [-0.05, 0) is 23.6 Å². The normalized spacial score (nSPS) is 10.2. The maximum Gasteiger partial charge on any atom is 0.339 e. The van der Waals surface area contributed by atoms with Crippen LogP contribution in [0.3, 0.4) is 0 Å². The molecule has 0 saturated carbocycles. The van der Waals surface area contributed by atoms with E-state index < -0.39 is 11.5 Å². The molecule has 0 radical (unpaired) electrons. The first-order valence-electron chi connectivity index (χ1n) is 10.1. The van der Waals surface area contributed by atoms with E-state index in [0.717, 1.165) is 15.7 Å². The van der Waals surface area contributed by atoms with E-state index in [1.165, 1.54) is 19.4 Å². The molecule has 0 unspecified atom stereocenters. The lowest BCUT2D eigenvalue weighted by molar-refractivity contribution is -0.132. The van der Waals surface area contributed by atoms with Gasteiger partial charge in [0.25, 0.3) is 5.56 Å². The van der Waals surface area contributed by atoms with E-state index in [4.69, 9.17) is 4.74 Å². The molecule has 0 N–H and O–H groups in total. The lowest BCUT2D eigenvalue weighted by Gasteiger charge is -2.24. The van der Waals surface area contributed by atoms with Gasteiger partial charge in [-0.3, -0.25) is 9.59 Å². The summed E-state index contributed by atoms with van der Waals surface area (Å²) in [5, 5.41) is 9.26. The summed E-state index contributed by atoms with van der Waals surface area (Å²) in [5.41, 5.74) is 1.24. The summed E-state index contributed by atoms with van der Waals surface area (Å²) in [6, 6.07) is 22.3. The van der Waals surface area contributed by atoms with Crippen molar-refractivity contribution in [2.24, 2.45) is 0 Å². The van der Waals surface area contributed by atoms with Gasteiger partial charge in [0, 0.05) is 19.3 Å². The topological polar surface area (TPSA) is 92.4 Å². The molecule has 0 aliphatic rings. The van der Waals surface area contributed by atoms with E-state index in [2.05, 4.69) is 0 Å². The number of carbonyl (C=O) groups is 2. The number of carbonyl (C=O) groups excluding carboxylic acids is 2. The van der Waals surface area contributed by atoms with Crippen molar-refractivity contribution in [1.29, 1.82) is 5.26 Å². The van der Waals surface area contributed by atoms with Crippen LogP contribution in [-0.4, -0.2) is 35.0 Å². The molecule has 0 bridgehead atoms. The third-order valence-electron chi connectivity index (χ3n) is 5.02. The fourth-order valence-electron chi connectivity index (χ4n) is 3.31. The average molecular weight is 429 g/mol. The van der Waals surface area contributed by atoms with E-state index in [1.54, 1.807) is 11.0 Å². The minimum absolute atomic E-state index is 0.0374. The first-order valence-corrected chi connectivity index (χ1v) is 10.1. The molecule has 0 atom stereocenters. The number of esters is 1. The monoisotopic (exact) mass is 429 g/mol. The number of methoxy groups -OCH3 is 1. The highest BCUT2D eigenvalue weighted by molar-refractivity contribution is 5.89. The van der Waals surface area contributed by atoms with Crippen molar-refractivity contribution in [2.75, 3.05) is 13.7 Å². The lowest BCUT2D eigenvalue weighted by atomic mass is 10.1. The maximum atomic E-state index is 13.2. The van der Waals surface area contributed by atoms with E-state index >= 15 is 0 Å². The Balaban J connectivity index is 1.86. The van der Waals surface area contributed by atoms with Crippen LogP contribution in [0.15, 0.2) is 77.7 Å². The Labute approximate surface area is 186 Å². The molecule has 0 spiro atoms. The Morgan fingerprint density at radius 3 is 2.25 bits per heavy atom. The second-order valence-corrected chi connectivity index (χ2v) is 7.22. The fraction of sp³-hybridized carbons (Fsp3) is 0.200. The molecule has 0 fully saturated rings. The highest BCUT2D eigenvalue weighted by Crippen LogP contribution is 2.09. The van der Waals surface area contributed by atoms with Gasteiger partial charge in [0.15, 0.2) is 0 Å². The summed E-state index contributed by atoms with van der Waals surface area (Å²) in [6.07, 6.45) is 1.91. The van der Waals surface area contributed by atoms with E-state index in [0.29, 0.717) is 19.5 Å². The van der Waals surface area contributed by atoms with Gasteiger partial charge in [-0.15, -0.1) is 0 Å². The molecule has 3 rings (SSSR count). The van der Waals surface area contributed by atoms with Crippen molar-refractivity contribution in [3.63, 3.8) is 0 Å². The zero-order chi connectivity index (χ0) is 22.9. The largest absolute Gasteiger partial charge is 0.465 e. The molecule has 0 aliphatic carbocycles. The zero-order valence-electron chi connectivity index (χ0n) is 17.7. The number of pyridine rings is 1. The Morgan fingerprint density at radius 1 is 1.03 bits per heavy atom. The Morgan fingerprint density at radius 2 is 1.66 bits per heavy atom. The first kappa shape index (κ1) is 22.5. The number of nitrogens with zero attached hydrogens (tertiary/aromatic N) is 3. The van der Waals surface area contributed by atoms with Crippen LogP contribution in [0.1, 0.15) is 27.0 Å². The molecule has 0 saturated heterocycles. The highest BCUT2D eigenvalue weighted by atomic mass is 16.5. The van der Waals surface area contributed by atoms with Crippen molar-refractivity contribution in [2.45, 2.75) is 19.5 Å². The number of hydrogen-bond acceptors (Lipinski definition) is 5. The third-order valence-corrected chi connectivity index (χ3v) is 5.02. The van der Waals surface area contributed by atoms with Gasteiger partial charge in [0.05, 0.1) is 12.7 Å². The summed E-state index contributed by atoms with van der Waals surface area (Å²) >= 11 is 0. The predicted molar refractivity (Wildman–Crippen MR) is 119 cm³/mol. The molecule has 162 valence electrons. The number of benzene rings is 2. The van der Waals surface area contributed by atoms with Crippen LogP contribution >= 0.6 is 0 Å². The number of nitriles is 1. The minimum atomic E-state index is -0.687. The molecule has 1 heterocycles. The molecule has 7 heteroatoms. The van der Waals surface area contributed by atoms with Crippen molar-refractivity contribution < 1.29 is 14.3 Å². The summed E-state index contributed by atoms with van der Waals surface area (Å²) in [7, 11) is 1.21. The van der Waals surface area contributed by atoms with Gasteiger partial charge < -0.3 is 14.2 Å². The van der Waals surface area contributed by atoms with Gasteiger partial charge >= 0.3 is 5.97 Å². The number of ether oxygens (including phenoxy) is 1. The molecular formula is C25H23N3O4. The molecule has 1 amide bonds. The van der Waals surface area contributed by atoms with Crippen LogP contribution in [0.5, 0.6) is 0 Å². The number of amides is 1. The van der Waals surface area contributed by atoms with Crippen LogP contribution < -0.4 is 5.56 Å². The van der Waals surface area contributed by atoms with Gasteiger partial charge in [-0.2, -0.15) is 5.26 Å². The smallest absolute Gasteiger partial charge is 0.339 e. The SMILES string of the molecule is COC(=O)c1cc(C#N)c(=O)n(CC(=O)N(CCc2ccccc2)Cc2ccccc2)c1. The van der Waals surface area contributed by atoms with Crippen LogP contribution in [0.2, 0.25) is 0 Å². The van der Waals surface area contributed by atoms with Crippen molar-refractivity contribution in [3.05, 3.63) is 106 Å².